The van der Waals surface area contributed by atoms with Gasteiger partial charge < -0.3 is 40.2 Å². The van der Waals surface area contributed by atoms with Crippen molar-refractivity contribution in [3.8, 4) is 5.75 Å². The average Bonchev–Trinajstić information content (AvgIpc) is 3.40. The number of hydrogen-bond acceptors (Lipinski definition) is 7. The van der Waals surface area contributed by atoms with Crippen molar-refractivity contribution in [2.75, 3.05) is 32.1 Å². The Bertz CT molecular complexity index is 1570. The highest BCUT2D eigenvalue weighted by molar-refractivity contribution is 5.95. The summed E-state index contributed by atoms with van der Waals surface area (Å²) in [5, 5.41) is 21.3. The smallest absolute Gasteiger partial charge is 0.430 e. The molecule has 2 unspecified atom stereocenters. The molecule has 1 aliphatic heterocycles. The first-order valence-corrected chi connectivity index (χ1v) is 14.8. The number of phenols is 1. The highest BCUT2D eigenvalue weighted by Crippen LogP contribution is 2.28. The second-order valence-electron chi connectivity index (χ2n) is 11.5. The van der Waals surface area contributed by atoms with Crippen molar-refractivity contribution in [1.29, 1.82) is 0 Å². The van der Waals surface area contributed by atoms with Gasteiger partial charge in [-0.05, 0) is 61.0 Å². The van der Waals surface area contributed by atoms with Crippen LogP contribution in [0.2, 0.25) is 0 Å². The molecule has 11 nitrogen and oxygen atoms in total. The molecule has 1 fully saturated rings. The number of nitrogens with two attached hydrogens (primary N) is 1. The first kappa shape index (κ1) is 37.3. The zero-order valence-electron chi connectivity index (χ0n) is 26.2. The maximum atomic E-state index is 13.8. The van der Waals surface area contributed by atoms with Crippen LogP contribution in [-0.4, -0.2) is 83.4 Å². The minimum Gasteiger partial charge on any atom is -0.542 e. The van der Waals surface area contributed by atoms with E-state index in [4.69, 9.17) is 20.4 Å². The first-order valence-electron chi connectivity index (χ1n) is 14.8. The fraction of sp³-hybridized carbons (Fsp3) is 0.333. The van der Waals surface area contributed by atoms with Crippen molar-refractivity contribution in [2.24, 2.45) is 5.73 Å². The number of carbonyl (C=O) groups excluding carboxylic acids is 4. The van der Waals surface area contributed by atoms with E-state index in [1.807, 2.05) is 0 Å². The number of ether oxygens (including phenoxy) is 1. The third kappa shape index (κ3) is 10.7. The largest absolute Gasteiger partial charge is 0.542 e. The lowest BCUT2D eigenvalue weighted by molar-refractivity contribution is -0.911. The Hall–Kier alpha value is -5.18. The molecule has 3 atom stereocenters. The Morgan fingerprint density at radius 2 is 1.58 bits per heavy atom. The molecule has 48 heavy (non-hydrogen) atoms. The number of esters is 1. The first-order chi connectivity index (χ1) is 22.5. The van der Waals surface area contributed by atoms with Crippen LogP contribution in [0, 0.1) is 5.82 Å². The third-order valence-electron chi connectivity index (χ3n) is 7.67. The number of urea groups is 1. The number of nitrogens with zero attached hydrogens (tertiary/aromatic N) is 2. The van der Waals surface area contributed by atoms with Gasteiger partial charge in [0.15, 0.2) is 0 Å². The number of primary amides is 1. The molecule has 0 aliphatic carbocycles. The van der Waals surface area contributed by atoms with Crippen molar-refractivity contribution in [3.05, 3.63) is 95.3 Å². The molecule has 1 saturated heterocycles. The molecule has 0 aromatic heterocycles. The van der Waals surface area contributed by atoms with Gasteiger partial charge >= 0.3 is 18.2 Å². The summed E-state index contributed by atoms with van der Waals surface area (Å²) in [4.78, 5) is 49.0. The van der Waals surface area contributed by atoms with Crippen LogP contribution in [0.1, 0.15) is 34.8 Å². The maximum absolute atomic E-state index is 13.8. The molecule has 0 bridgehead atoms. The van der Waals surface area contributed by atoms with Crippen LogP contribution in [0.15, 0.2) is 72.8 Å². The molecule has 1 aliphatic rings. The molecule has 0 radical (unpaired) electrons. The number of aliphatic carboxylic acids is 1. The van der Waals surface area contributed by atoms with Crippen molar-refractivity contribution < 1.29 is 56.2 Å². The van der Waals surface area contributed by atoms with Gasteiger partial charge in [-0.2, -0.15) is 13.2 Å². The van der Waals surface area contributed by atoms with E-state index in [1.165, 1.54) is 29.2 Å². The number of nitrogens with one attached hydrogen (secondary N) is 1. The summed E-state index contributed by atoms with van der Waals surface area (Å²) in [7, 11) is 2.08. The van der Waals surface area contributed by atoms with Gasteiger partial charge in [-0.1, -0.05) is 24.3 Å². The molecule has 1 heterocycles. The number of carboxylic acids is 1. The number of carbonyl (C=O) groups is 4. The number of likely N-dealkylation sites (N-methyl/N-ethyl adjacent to an activating group) is 1. The van der Waals surface area contributed by atoms with Crippen LogP contribution < -0.4 is 16.2 Å². The fourth-order valence-electron chi connectivity index (χ4n) is 5.40. The number of amides is 3. The predicted octanol–water partition coefficient (Wildman–Crippen LogP) is 3.36. The summed E-state index contributed by atoms with van der Waals surface area (Å²) in [6.45, 7) is 3.92. The van der Waals surface area contributed by atoms with Gasteiger partial charge in [0.05, 0.1) is 38.3 Å². The van der Waals surface area contributed by atoms with Crippen LogP contribution in [-0.2, 0) is 27.3 Å². The van der Waals surface area contributed by atoms with Crippen LogP contribution in [0.3, 0.4) is 0 Å². The van der Waals surface area contributed by atoms with Crippen LogP contribution >= 0.6 is 0 Å². The Labute approximate surface area is 274 Å². The number of benzene rings is 3. The quantitative estimate of drug-likeness (QED) is 0.169. The van der Waals surface area contributed by atoms with Gasteiger partial charge in [0, 0.05) is 24.1 Å². The van der Waals surface area contributed by atoms with E-state index in [9.17, 15) is 37.1 Å². The normalized spacial score (nSPS) is 17.8. The molecular weight excluding hydrogens is 640 g/mol. The lowest BCUT2D eigenvalue weighted by Crippen LogP contribution is -2.56. The Balaban J connectivity index is 0.000000804. The van der Waals surface area contributed by atoms with E-state index in [0.29, 0.717) is 35.2 Å². The second-order valence-corrected chi connectivity index (χ2v) is 11.5. The number of quaternary nitrogens is 1. The van der Waals surface area contributed by atoms with Crippen molar-refractivity contribution >= 4 is 29.6 Å². The zero-order chi connectivity index (χ0) is 35.6. The molecule has 0 saturated carbocycles. The van der Waals surface area contributed by atoms with Crippen molar-refractivity contribution in [3.63, 3.8) is 0 Å². The zero-order valence-corrected chi connectivity index (χ0v) is 26.2. The van der Waals surface area contributed by atoms with Gasteiger partial charge in [0.25, 0.3) is 0 Å². The number of rotatable bonds is 10. The summed E-state index contributed by atoms with van der Waals surface area (Å²) < 4.78 is 50.6. The molecule has 0 spiro atoms. The van der Waals surface area contributed by atoms with Gasteiger partial charge in [-0.25, -0.2) is 14.0 Å². The summed E-state index contributed by atoms with van der Waals surface area (Å²) in [5.41, 5.74) is 8.42. The summed E-state index contributed by atoms with van der Waals surface area (Å²) >= 11 is 0. The van der Waals surface area contributed by atoms with Crippen LogP contribution in [0.25, 0.3) is 0 Å². The number of hydrogen-bond donors (Lipinski definition) is 3. The SMILES string of the molecule is CCOC(=O)c1ccc(NC(=O)N(C2CC[N+](C)(Cc3ccc(F)cc3)C2)[C@@H](Cc2ccc(O)cc2)C(N)=O)cc1.O=C([O-])C(F)(F)F. The number of carboxylic acid groups (broad SMARTS) is 1. The Kier molecular flexibility index (Phi) is 12.5. The average molecular weight is 677 g/mol. The van der Waals surface area contributed by atoms with Crippen LogP contribution in [0.4, 0.5) is 28.0 Å². The summed E-state index contributed by atoms with van der Waals surface area (Å²) in [6.07, 6.45) is -4.39. The number of alkyl halides is 3. The molecule has 3 aromatic rings. The molecule has 3 aromatic carbocycles. The van der Waals surface area contributed by atoms with Crippen molar-refractivity contribution in [1.82, 2.24) is 4.90 Å². The van der Waals surface area contributed by atoms with Gasteiger partial charge in [0.1, 0.15) is 30.1 Å². The summed E-state index contributed by atoms with van der Waals surface area (Å²) in [5.74, 6) is -4.32. The Morgan fingerprint density at radius 1 is 1.02 bits per heavy atom. The number of phenolic OH excluding ortho intramolecular Hbond substituents is 1. The highest BCUT2D eigenvalue weighted by atomic mass is 19.4. The molecule has 15 heteroatoms. The maximum Gasteiger partial charge on any atom is 0.430 e. The van der Waals surface area contributed by atoms with E-state index in [1.54, 1.807) is 55.5 Å². The minimum absolute atomic E-state index is 0.0925. The topological polar surface area (TPSA) is 162 Å². The van der Waals surface area contributed by atoms with Gasteiger partial charge in [-0.15, -0.1) is 0 Å². The third-order valence-corrected chi connectivity index (χ3v) is 7.67. The highest BCUT2D eigenvalue weighted by Gasteiger charge is 2.43. The van der Waals surface area contributed by atoms with E-state index >= 15 is 0 Å². The molecule has 4 rings (SSSR count). The fourth-order valence-corrected chi connectivity index (χ4v) is 5.40. The molecular formula is C33H36F4N4O7. The molecule has 258 valence electrons. The minimum atomic E-state index is -5.19. The number of halogens is 4. The standard InChI is InChI=1S/C31H35FN4O5.C2HF3O2/c1-3-41-30(39)23-8-12-25(13-9-23)34-31(40)35(28(29(33)38)18-21-6-14-27(37)15-7-21)26-16-17-36(2,20-26)19-22-4-10-24(32)11-5-22;3-2(4,5)1(6)7/h4-15,26,28H,3,16-20H2,1-2H3,(H3-,33,34,37,38,39,40);(H,6,7)/t26?,28-,36?;/m0./s1. The van der Waals surface area contributed by atoms with Crippen LogP contribution in [0.5, 0.6) is 5.75 Å². The van der Waals surface area contributed by atoms with Crippen molar-refractivity contribution in [2.45, 2.75) is 44.6 Å². The molecule has 4 N–H and O–H groups in total. The van der Waals surface area contributed by atoms with Gasteiger partial charge in [0.2, 0.25) is 5.91 Å². The number of likely N-dealkylation sites (tertiary alicyclic amines) is 1. The lowest BCUT2D eigenvalue weighted by atomic mass is 10.0. The van der Waals surface area contributed by atoms with E-state index in [-0.39, 0.29) is 30.6 Å². The second kappa shape index (κ2) is 16.1. The van der Waals surface area contributed by atoms with E-state index in [0.717, 1.165) is 17.7 Å². The predicted molar refractivity (Wildman–Crippen MR) is 164 cm³/mol. The number of aromatic hydroxyl groups is 1. The summed E-state index contributed by atoms with van der Waals surface area (Å²) in [6, 6.07) is 17.4. The van der Waals surface area contributed by atoms with E-state index < -0.39 is 36.1 Å². The number of anilines is 1. The van der Waals surface area contributed by atoms with Gasteiger partial charge in [-0.3, -0.25) is 4.79 Å². The van der Waals surface area contributed by atoms with E-state index in [2.05, 4.69) is 12.4 Å². The lowest BCUT2D eigenvalue weighted by Gasteiger charge is -2.36. The molecule has 3 amide bonds. The Morgan fingerprint density at radius 3 is 2.10 bits per heavy atom. The monoisotopic (exact) mass is 676 g/mol.